The average molecular weight is 291 g/mol. The summed E-state index contributed by atoms with van der Waals surface area (Å²) in [6, 6.07) is 16.5. The van der Waals surface area contributed by atoms with Crippen LogP contribution in [0.4, 0.5) is 5.88 Å². The van der Waals surface area contributed by atoms with Crippen molar-refractivity contribution < 1.29 is 4.42 Å². The highest BCUT2D eigenvalue weighted by atomic mass is 16.4. The van der Waals surface area contributed by atoms with Crippen LogP contribution in [0, 0.1) is 11.3 Å². The summed E-state index contributed by atoms with van der Waals surface area (Å²) < 4.78 is 5.72. The number of rotatable bonds is 5. The smallest absolute Gasteiger partial charge is 0.232 e. The highest BCUT2D eigenvalue weighted by molar-refractivity contribution is 5.85. The quantitative estimate of drug-likeness (QED) is 0.768. The van der Waals surface area contributed by atoms with E-state index in [1.165, 1.54) is 10.8 Å². The molecule has 0 radical (unpaired) electrons. The van der Waals surface area contributed by atoms with Crippen molar-refractivity contribution in [2.45, 2.75) is 19.8 Å². The largest absolute Gasteiger partial charge is 0.423 e. The van der Waals surface area contributed by atoms with Crippen LogP contribution in [-0.4, -0.2) is 11.5 Å². The van der Waals surface area contributed by atoms with Crippen molar-refractivity contribution in [3.63, 3.8) is 0 Å². The molecule has 2 aromatic carbocycles. The second kappa shape index (κ2) is 6.31. The summed E-state index contributed by atoms with van der Waals surface area (Å²) in [7, 11) is 0. The third-order valence-electron chi connectivity index (χ3n) is 3.53. The number of hydrogen-bond donors (Lipinski definition) is 1. The molecule has 1 N–H and O–H groups in total. The van der Waals surface area contributed by atoms with Gasteiger partial charge in [0, 0.05) is 6.54 Å². The molecule has 0 fully saturated rings. The van der Waals surface area contributed by atoms with Crippen LogP contribution in [0.15, 0.2) is 46.9 Å². The lowest BCUT2D eigenvalue weighted by atomic mass is 10.0. The average Bonchev–Trinajstić information content (AvgIpc) is 2.95. The van der Waals surface area contributed by atoms with Crippen molar-refractivity contribution in [1.29, 1.82) is 5.26 Å². The zero-order valence-electron chi connectivity index (χ0n) is 12.5. The zero-order valence-corrected chi connectivity index (χ0v) is 12.5. The highest BCUT2D eigenvalue weighted by Gasteiger charge is 2.13. The van der Waals surface area contributed by atoms with E-state index in [0.717, 1.165) is 18.5 Å². The molecule has 0 bridgehead atoms. The highest BCUT2D eigenvalue weighted by Crippen LogP contribution is 2.23. The molecule has 22 heavy (non-hydrogen) atoms. The number of aromatic nitrogens is 1. The molecule has 1 aromatic heterocycles. The number of oxazole rings is 1. The van der Waals surface area contributed by atoms with Crippen LogP contribution < -0.4 is 5.32 Å². The Kier molecular flexibility index (Phi) is 4.06. The fraction of sp³-hybridized carbons (Fsp3) is 0.222. The number of hydrogen-bond acceptors (Lipinski definition) is 4. The van der Waals surface area contributed by atoms with Gasteiger partial charge in [-0.15, -0.1) is 0 Å². The molecule has 0 aliphatic carbocycles. The molecule has 0 saturated heterocycles. The summed E-state index contributed by atoms with van der Waals surface area (Å²) in [5, 5.41) is 14.6. The maximum atomic E-state index is 9.16. The SMILES string of the molecule is CCCNc1oc(Cc2cccc3ccccc23)nc1C#N. The van der Waals surface area contributed by atoms with Gasteiger partial charge in [0.05, 0.1) is 6.42 Å². The Morgan fingerprint density at radius 3 is 2.82 bits per heavy atom. The van der Waals surface area contributed by atoms with Crippen molar-refractivity contribution in [1.82, 2.24) is 4.98 Å². The Hall–Kier alpha value is -2.80. The minimum atomic E-state index is 0.323. The first kappa shape index (κ1) is 14.2. The second-order valence-electron chi connectivity index (χ2n) is 5.14. The van der Waals surface area contributed by atoms with Crippen LogP contribution in [0.25, 0.3) is 10.8 Å². The Morgan fingerprint density at radius 2 is 2.00 bits per heavy atom. The van der Waals surface area contributed by atoms with Gasteiger partial charge < -0.3 is 9.73 Å². The fourth-order valence-electron chi connectivity index (χ4n) is 2.48. The number of fused-ring (bicyclic) bond motifs is 1. The van der Waals surface area contributed by atoms with Crippen LogP contribution in [0.3, 0.4) is 0 Å². The maximum absolute atomic E-state index is 9.16. The molecule has 0 unspecified atom stereocenters. The van der Waals surface area contributed by atoms with Gasteiger partial charge in [0.25, 0.3) is 0 Å². The summed E-state index contributed by atoms with van der Waals surface area (Å²) >= 11 is 0. The first-order chi connectivity index (χ1) is 10.8. The van der Waals surface area contributed by atoms with Gasteiger partial charge in [-0.05, 0) is 22.8 Å². The molecule has 0 spiro atoms. The Morgan fingerprint density at radius 1 is 1.18 bits per heavy atom. The molecule has 4 nitrogen and oxygen atoms in total. The monoisotopic (exact) mass is 291 g/mol. The zero-order chi connectivity index (χ0) is 15.4. The first-order valence-corrected chi connectivity index (χ1v) is 7.42. The third-order valence-corrected chi connectivity index (χ3v) is 3.53. The van der Waals surface area contributed by atoms with Crippen LogP contribution >= 0.6 is 0 Å². The summed E-state index contributed by atoms with van der Waals surface area (Å²) in [6.07, 6.45) is 1.54. The predicted octanol–water partition coefficient (Wildman–Crippen LogP) is 4.11. The summed E-state index contributed by atoms with van der Waals surface area (Å²) in [5.74, 6) is 1.03. The van der Waals surface area contributed by atoms with E-state index in [1.54, 1.807) is 0 Å². The standard InChI is InChI=1S/C18H17N3O/c1-2-10-20-18-16(12-19)21-17(22-18)11-14-8-5-7-13-6-3-4-9-15(13)14/h3-9,20H,2,10-11H2,1H3. The molecule has 0 amide bonds. The molecular formula is C18H17N3O. The molecule has 3 rings (SSSR count). The van der Waals surface area contributed by atoms with Gasteiger partial charge >= 0.3 is 0 Å². The first-order valence-electron chi connectivity index (χ1n) is 7.42. The van der Waals surface area contributed by atoms with E-state index in [4.69, 9.17) is 9.68 Å². The topological polar surface area (TPSA) is 61.9 Å². The number of nitriles is 1. The molecule has 4 heteroatoms. The van der Waals surface area contributed by atoms with Crippen molar-refractivity contribution in [3.8, 4) is 6.07 Å². The third kappa shape index (κ3) is 2.79. The van der Waals surface area contributed by atoms with Crippen molar-refractivity contribution in [3.05, 3.63) is 59.6 Å². The van der Waals surface area contributed by atoms with E-state index in [2.05, 4.69) is 47.6 Å². The molecule has 110 valence electrons. The molecule has 0 aliphatic heterocycles. The van der Waals surface area contributed by atoms with Gasteiger partial charge in [-0.2, -0.15) is 5.26 Å². The predicted molar refractivity (Wildman–Crippen MR) is 86.8 cm³/mol. The molecule has 3 aromatic rings. The van der Waals surface area contributed by atoms with E-state index in [0.29, 0.717) is 23.9 Å². The Labute approximate surface area is 129 Å². The van der Waals surface area contributed by atoms with Crippen molar-refractivity contribution in [2.24, 2.45) is 0 Å². The minimum absolute atomic E-state index is 0.323. The minimum Gasteiger partial charge on any atom is -0.423 e. The fourth-order valence-corrected chi connectivity index (χ4v) is 2.48. The van der Waals surface area contributed by atoms with Gasteiger partial charge in [0.1, 0.15) is 6.07 Å². The van der Waals surface area contributed by atoms with E-state index in [-0.39, 0.29) is 0 Å². The molecule has 0 atom stereocenters. The lowest BCUT2D eigenvalue weighted by Gasteiger charge is -2.04. The second-order valence-corrected chi connectivity index (χ2v) is 5.14. The number of nitrogens with zero attached hydrogens (tertiary/aromatic N) is 2. The number of nitrogens with one attached hydrogen (secondary N) is 1. The van der Waals surface area contributed by atoms with Crippen LogP contribution in [-0.2, 0) is 6.42 Å². The van der Waals surface area contributed by atoms with Crippen molar-refractivity contribution >= 4 is 16.7 Å². The van der Waals surface area contributed by atoms with E-state index < -0.39 is 0 Å². The normalized spacial score (nSPS) is 10.5. The van der Waals surface area contributed by atoms with Crippen LogP contribution in [0.2, 0.25) is 0 Å². The summed E-state index contributed by atoms with van der Waals surface area (Å²) in [4.78, 5) is 4.29. The lowest BCUT2D eigenvalue weighted by molar-refractivity contribution is 0.518. The molecule has 1 heterocycles. The van der Waals surface area contributed by atoms with Gasteiger partial charge in [0.15, 0.2) is 0 Å². The Balaban J connectivity index is 1.92. The molecule has 0 aliphatic rings. The van der Waals surface area contributed by atoms with Crippen molar-refractivity contribution in [2.75, 3.05) is 11.9 Å². The Bertz CT molecular complexity index is 824. The van der Waals surface area contributed by atoms with E-state index >= 15 is 0 Å². The summed E-state index contributed by atoms with van der Waals surface area (Å²) in [6.45, 7) is 2.82. The number of benzene rings is 2. The molecular weight excluding hydrogens is 274 g/mol. The van der Waals surface area contributed by atoms with Crippen LogP contribution in [0.5, 0.6) is 0 Å². The van der Waals surface area contributed by atoms with E-state index in [1.807, 2.05) is 18.2 Å². The van der Waals surface area contributed by atoms with E-state index in [9.17, 15) is 0 Å². The van der Waals surface area contributed by atoms with Gasteiger partial charge in [-0.3, -0.25) is 0 Å². The number of anilines is 1. The van der Waals surface area contributed by atoms with Crippen LogP contribution in [0.1, 0.15) is 30.5 Å². The lowest BCUT2D eigenvalue weighted by Crippen LogP contribution is -1.99. The molecule has 0 saturated carbocycles. The van der Waals surface area contributed by atoms with Gasteiger partial charge in [-0.25, -0.2) is 4.98 Å². The van der Waals surface area contributed by atoms with Gasteiger partial charge in [-0.1, -0.05) is 49.4 Å². The maximum Gasteiger partial charge on any atom is 0.232 e. The summed E-state index contributed by atoms with van der Waals surface area (Å²) in [5.41, 5.74) is 1.47. The van der Waals surface area contributed by atoms with Gasteiger partial charge in [0.2, 0.25) is 17.5 Å².